The number of aryl methyl sites for hydroxylation is 1. The lowest BCUT2D eigenvalue weighted by Crippen LogP contribution is -2.11. The molecule has 0 amide bonds. The number of benzene rings is 1. The molecule has 100 valence electrons. The fraction of sp³-hybridized carbons (Fsp3) is 0.400. The second-order valence-electron chi connectivity index (χ2n) is 5.09. The maximum Gasteiger partial charge on any atom is 0.123 e. The van der Waals surface area contributed by atoms with Gasteiger partial charge in [-0.2, -0.15) is 0 Å². The third kappa shape index (κ3) is 2.40. The molecule has 0 bridgehead atoms. The van der Waals surface area contributed by atoms with Gasteiger partial charge >= 0.3 is 0 Å². The topological polar surface area (TPSA) is 43.8 Å². The molecule has 0 unspecified atom stereocenters. The molecule has 1 heterocycles. The van der Waals surface area contributed by atoms with Crippen LogP contribution in [0.1, 0.15) is 35.4 Å². The molecule has 3 rings (SSSR count). The van der Waals surface area contributed by atoms with E-state index in [4.69, 9.17) is 5.73 Å². The van der Waals surface area contributed by atoms with Crippen molar-refractivity contribution in [3.05, 3.63) is 52.9 Å². The fourth-order valence-corrected chi connectivity index (χ4v) is 2.79. The van der Waals surface area contributed by atoms with Gasteiger partial charge in [-0.3, -0.25) is 0 Å². The minimum atomic E-state index is -0.225. The Morgan fingerprint density at radius 1 is 1.21 bits per heavy atom. The summed E-state index contributed by atoms with van der Waals surface area (Å²) in [6.07, 6.45) is 6.53. The highest BCUT2D eigenvalue weighted by atomic mass is 19.1. The summed E-state index contributed by atoms with van der Waals surface area (Å²) in [6, 6.07) is 4.85. The first-order valence-corrected chi connectivity index (χ1v) is 6.78. The highest BCUT2D eigenvalue weighted by Crippen LogP contribution is 2.21. The fourth-order valence-electron chi connectivity index (χ4n) is 2.79. The average molecular weight is 259 g/mol. The predicted octanol–water partition coefficient (Wildman–Crippen LogP) is 2.41. The molecule has 0 aliphatic heterocycles. The molecule has 0 saturated heterocycles. The predicted molar refractivity (Wildman–Crippen MR) is 72.3 cm³/mol. The van der Waals surface area contributed by atoms with Gasteiger partial charge in [-0.25, -0.2) is 9.37 Å². The van der Waals surface area contributed by atoms with Crippen LogP contribution < -0.4 is 5.73 Å². The molecule has 1 aliphatic rings. The van der Waals surface area contributed by atoms with Gasteiger partial charge in [0.2, 0.25) is 0 Å². The molecule has 0 fully saturated rings. The summed E-state index contributed by atoms with van der Waals surface area (Å²) in [6.45, 7) is 1.10. The summed E-state index contributed by atoms with van der Waals surface area (Å²) >= 11 is 0. The van der Waals surface area contributed by atoms with Gasteiger partial charge < -0.3 is 10.3 Å². The molecule has 0 radical (unpaired) electrons. The SMILES string of the molecule is NCc1cc(F)ccc1Cn1cnc2c1CCCC2. The van der Waals surface area contributed by atoms with Gasteiger partial charge in [-0.15, -0.1) is 0 Å². The molecule has 1 aliphatic carbocycles. The number of hydrogen-bond acceptors (Lipinski definition) is 2. The van der Waals surface area contributed by atoms with Crippen LogP contribution in [0.3, 0.4) is 0 Å². The molecular formula is C15H18FN3. The Balaban J connectivity index is 1.91. The summed E-state index contributed by atoms with van der Waals surface area (Å²) in [5, 5.41) is 0. The first-order chi connectivity index (χ1) is 9.28. The number of hydrogen-bond donors (Lipinski definition) is 1. The summed E-state index contributed by atoms with van der Waals surface area (Å²) in [5.74, 6) is -0.225. The van der Waals surface area contributed by atoms with Crippen LogP contribution in [0.4, 0.5) is 4.39 Å². The number of aromatic nitrogens is 2. The second-order valence-corrected chi connectivity index (χ2v) is 5.09. The first kappa shape index (κ1) is 12.4. The third-order valence-corrected chi connectivity index (χ3v) is 3.84. The minimum Gasteiger partial charge on any atom is -0.330 e. The molecule has 19 heavy (non-hydrogen) atoms. The molecule has 0 saturated carbocycles. The smallest absolute Gasteiger partial charge is 0.123 e. The number of fused-ring (bicyclic) bond motifs is 1. The Bertz CT molecular complexity index is 589. The van der Waals surface area contributed by atoms with Gasteiger partial charge in [0.25, 0.3) is 0 Å². The van der Waals surface area contributed by atoms with Crippen LogP contribution in [0.25, 0.3) is 0 Å². The van der Waals surface area contributed by atoms with E-state index in [1.54, 1.807) is 0 Å². The van der Waals surface area contributed by atoms with Crippen molar-refractivity contribution >= 4 is 0 Å². The van der Waals surface area contributed by atoms with Crippen LogP contribution >= 0.6 is 0 Å². The Kier molecular flexibility index (Phi) is 3.34. The zero-order chi connectivity index (χ0) is 13.2. The maximum absolute atomic E-state index is 13.2. The molecule has 4 heteroatoms. The van der Waals surface area contributed by atoms with Gasteiger partial charge in [0.15, 0.2) is 0 Å². The Hall–Kier alpha value is -1.68. The molecule has 2 aromatic rings. The quantitative estimate of drug-likeness (QED) is 0.920. The number of nitrogens with zero attached hydrogens (tertiary/aromatic N) is 2. The van der Waals surface area contributed by atoms with E-state index >= 15 is 0 Å². The van der Waals surface area contributed by atoms with Gasteiger partial charge in [-0.05, 0) is 48.9 Å². The standard InChI is InChI=1S/C15H18FN3/c16-13-6-5-11(12(7-13)8-17)9-19-10-18-14-3-1-2-4-15(14)19/h5-7,10H,1-4,8-9,17H2. The van der Waals surface area contributed by atoms with Gasteiger partial charge in [-0.1, -0.05) is 6.07 Å². The lowest BCUT2D eigenvalue weighted by Gasteiger charge is -2.15. The van der Waals surface area contributed by atoms with Crippen molar-refractivity contribution < 1.29 is 4.39 Å². The number of rotatable bonds is 3. The van der Waals surface area contributed by atoms with E-state index in [2.05, 4.69) is 9.55 Å². The lowest BCUT2D eigenvalue weighted by molar-refractivity contribution is 0.616. The molecule has 3 nitrogen and oxygen atoms in total. The van der Waals surface area contributed by atoms with Crippen molar-refractivity contribution in [2.75, 3.05) is 0 Å². The lowest BCUT2D eigenvalue weighted by atomic mass is 10.0. The molecule has 0 spiro atoms. The Labute approximate surface area is 112 Å². The highest BCUT2D eigenvalue weighted by Gasteiger charge is 2.15. The summed E-state index contributed by atoms with van der Waals surface area (Å²) in [4.78, 5) is 4.48. The number of nitrogens with two attached hydrogens (primary N) is 1. The van der Waals surface area contributed by atoms with Crippen LogP contribution in [0, 0.1) is 5.82 Å². The Morgan fingerprint density at radius 3 is 2.89 bits per heavy atom. The third-order valence-electron chi connectivity index (χ3n) is 3.84. The Morgan fingerprint density at radius 2 is 2.05 bits per heavy atom. The van der Waals surface area contributed by atoms with E-state index in [9.17, 15) is 4.39 Å². The van der Waals surface area contributed by atoms with E-state index < -0.39 is 0 Å². The zero-order valence-electron chi connectivity index (χ0n) is 10.9. The maximum atomic E-state index is 13.2. The van der Waals surface area contributed by atoms with Crippen LogP contribution in [-0.4, -0.2) is 9.55 Å². The highest BCUT2D eigenvalue weighted by molar-refractivity contribution is 5.29. The van der Waals surface area contributed by atoms with Crippen LogP contribution in [0.2, 0.25) is 0 Å². The minimum absolute atomic E-state index is 0.225. The normalized spacial score (nSPS) is 14.4. The largest absolute Gasteiger partial charge is 0.330 e. The van der Waals surface area contributed by atoms with E-state index in [0.717, 1.165) is 30.5 Å². The monoisotopic (exact) mass is 259 g/mol. The number of imidazole rings is 1. The van der Waals surface area contributed by atoms with E-state index in [0.29, 0.717) is 6.54 Å². The summed E-state index contributed by atoms with van der Waals surface area (Å²) < 4.78 is 15.4. The van der Waals surface area contributed by atoms with Crippen molar-refractivity contribution in [3.63, 3.8) is 0 Å². The zero-order valence-corrected chi connectivity index (χ0v) is 10.9. The van der Waals surface area contributed by atoms with E-state index in [1.165, 1.54) is 36.4 Å². The average Bonchev–Trinajstić information content (AvgIpc) is 2.84. The first-order valence-electron chi connectivity index (χ1n) is 6.78. The van der Waals surface area contributed by atoms with Crippen molar-refractivity contribution in [2.24, 2.45) is 5.73 Å². The van der Waals surface area contributed by atoms with Crippen LogP contribution in [0.5, 0.6) is 0 Å². The van der Waals surface area contributed by atoms with E-state index in [-0.39, 0.29) is 5.82 Å². The molecule has 0 atom stereocenters. The molecule has 1 aromatic carbocycles. The van der Waals surface area contributed by atoms with Gasteiger partial charge in [0.1, 0.15) is 5.82 Å². The van der Waals surface area contributed by atoms with Crippen LogP contribution in [0.15, 0.2) is 24.5 Å². The second kappa shape index (κ2) is 5.13. The van der Waals surface area contributed by atoms with Crippen molar-refractivity contribution in [3.8, 4) is 0 Å². The van der Waals surface area contributed by atoms with E-state index in [1.807, 2.05) is 12.4 Å². The van der Waals surface area contributed by atoms with Gasteiger partial charge in [0.05, 0.1) is 12.0 Å². The molecule has 1 aromatic heterocycles. The van der Waals surface area contributed by atoms with Crippen molar-refractivity contribution in [2.45, 2.75) is 38.8 Å². The van der Waals surface area contributed by atoms with Crippen molar-refractivity contribution in [1.82, 2.24) is 9.55 Å². The van der Waals surface area contributed by atoms with Crippen LogP contribution in [-0.2, 0) is 25.9 Å². The molecular weight excluding hydrogens is 241 g/mol. The van der Waals surface area contributed by atoms with Crippen molar-refractivity contribution in [1.29, 1.82) is 0 Å². The molecule has 2 N–H and O–H groups in total. The summed E-state index contributed by atoms with van der Waals surface area (Å²) in [5.41, 5.74) is 10.2. The van der Waals surface area contributed by atoms with Gasteiger partial charge in [0, 0.05) is 18.8 Å². The summed E-state index contributed by atoms with van der Waals surface area (Å²) in [7, 11) is 0. The number of halogens is 1.